The molecule has 0 bridgehead atoms. The van der Waals surface area contributed by atoms with Crippen LogP contribution in [0.25, 0.3) is 10.9 Å². The van der Waals surface area contributed by atoms with Gasteiger partial charge < -0.3 is 15.2 Å². The minimum Gasteiger partial charge on any atom is -0.360 e. The molecule has 0 aliphatic carbocycles. The van der Waals surface area contributed by atoms with Gasteiger partial charge in [0, 0.05) is 50.9 Å². The van der Waals surface area contributed by atoms with Crippen LogP contribution in [-0.2, 0) is 11.2 Å². The molecule has 2 amide bonds. The Hall–Kier alpha value is -2.12. The zero-order valence-corrected chi connectivity index (χ0v) is 17.1. The highest BCUT2D eigenvalue weighted by atomic mass is 79.9. The monoisotopic (exact) mass is 475 g/mol. The summed E-state index contributed by atoms with van der Waals surface area (Å²) in [6.45, 7) is 2.26. The van der Waals surface area contributed by atoms with Gasteiger partial charge in [-0.1, -0.05) is 0 Å². The maximum atomic E-state index is 12.7. The van der Waals surface area contributed by atoms with Crippen molar-refractivity contribution >= 4 is 66.0 Å². The zero-order valence-electron chi connectivity index (χ0n) is 13.9. The SMILES string of the molecule is CC(=O)N1CCc2cc(NC(=O)c3c[nH]c4cc(Br)c(Br)cc34)ccc21. The number of nitrogens with one attached hydrogen (secondary N) is 2. The minimum atomic E-state index is -0.174. The molecule has 0 spiro atoms. The van der Waals surface area contributed by atoms with Crippen molar-refractivity contribution in [2.24, 2.45) is 0 Å². The third-order valence-corrected chi connectivity index (χ3v) is 6.42. The number of H-pyrrole nitrogens is 1. The number of aromatic nitrogens is 1. The van der Waals surface area contributed by atoms with Gasteiger partial charge in [0.25, 0.3) is 5.91 Å². The lowest BCUT2D eigenvalue weighted by Crippen LogP contribution is -2.25. The van der Waals surface area contributed by atoms with Crippen LogP contribution < -0.4 is 10.2 Å². The van der Waals surface area contributed by atoms with E-state index in [-0.39, 0.29) is 11.8 Å². The molecule has 0 saturated carbocycles. The van der Waals surface area contributed by atoms with E-state index in [0.29, 0.717) is 12.1 Å². The van der Waals surface area contributed by atoms with Gasteiger partial charge in [0.2, 0.25) is 5.91 Å². The first-order chi connectivity index (χ1) is 12.4. The number of rotatable bonds is 2. The predicted octanol–water partition coefficient (Wildman–Crippen LogP) is 4.85. The van der Waals surface area contributed by atoms with E-state index in [9.17, 15) is 9.59 Å². The molecule has 26 heavy (non-hydrogen) atoms. The summed E-state index contributed by atoms with van der Waals surface area (Å²) in [7, 11) is 0. The number of nitrogens with zero attached hydrogens (tertiary/aromatic N) is 1. The molecule has 2 heterocycles. The van der Waals surface area contributed by atoms with E-state index in [1.165, 1.54) is 0 Å². The average molecular weight is 477 g/mol. The second-order valence-corrected chi connectivity index (χ2v) is 7.94. The van der Waals surface area contributed by atoms with Gasteiger partial charge in [-0.25, -0.2) is 0 Å². The number of halogens is 2. The molecule has 3 aromatic rings. The molecule has 4 rings (SSSR count). The minimum absolute atomic E-state index is 0.0380. The molecule has 132 valence electrons. The fourth-order valence-corrected chi connectivity index (χ4v) is 4.00. The fourth-order valence-electron chi connectivity index (χ4n) is 3.31. The quantitative estimate of drug-likeness (QED) is 0.555. The standard InChI is InChI=1S/C19H15Br2N3O2/c1-10(25)24-5-4-11-6-12(2-3-18(11)24)23-19(26)14-9-22-17-8-16(21)15(20)7-13(14)17/h2-3,6-9,22H,4-5H2,1H3,(H,23,26). The van der Waals surface area contributed by atoms with Gasteiger partial charge in [0.1, 0.15) is 0 Å². The highest BCUT2D eigenvalue weighted by Gasteiger charge is 2.22. The normalized spacial score (nSPS) is 13.1. The number of carbonyl (C=O) groups is 2. The number of amides is 2. The van der Waals surface area contributed by atoms with E-state index < -0.39 is 0 Å². The number of benzene rings is 2. The smallest absolute Gasteiger partial charge is 0.257 e. The van der Waals surface area contributed by atoms with Gasteiger partial charge >= 0.3 is 0 Å². The van der Waals surface area contributed by atoms with Gasteiger partial charge in [0.15, 0.2) is 0 Å². The highest BCUT2D eigenvalue weighted by Crippen LogP contribution is 2.32. The van der Waals surface area contributed by atoms with E-state index in [1.807, 2.05) is 30.3 Å². The van der Waals surface area contributed by atoms with E-state index in [2.05, 4.69) is 42.2 Å². The molecule has 1 aliphatic heterocycles. The van der Waals surface area contributed by atoms with Crippen molar-refractivity contribution in [1.82, 2.24) is 4.98 Å². The number of anilines is 2. The van der Waals surface area contributed by atoms with Crippen molar-refractivity contribution < 1.29 is 9.59 Å². The second-order valence-electron chi connectivity index (χ2n) is 6.23. The molecule has 0 radical (unpaired) electrons. The van der Waals surface area contributed by atoms with Crippen LogP contribution in [0.4, 0.5) is 11.4 Å². The number of carbonyl (C=O) groups excluding carboxylic acids is 2. The van der Waals surface area contributed by atoms with Crippen LogP contribution in [0, 0.1) is 0 Å². The Labute approximate surface area is 167 Å². The molecule has 0 unspecified atom stereocenters. The summed E-state index contributed by atoms with van der Waals surface area (Å²) in [5, 5.41) is 3.80. The first-order valence-electron chi connectivity index (χ1n) is 8.12. The van der Waals surface area contributed by atoms with Gasteiger partial charge in [-0.2, -0.15) is 0 Å². The maximum Gasteiger partial charge on any atom is 0.257 e. The number of hydrogen-bond donors (Lipinski definition) is 2. The first-order valence-corrected chi connectivity index (χ1v) is 9.71. The van der Waals surface area contributed by atoms with Crippen LogP contribution in [0.3, 0.4) is 0 Å². The van der Waals surface area contributed by atoms with Gasteiger partial charge in [-0.05, 0) is 74.2 Å². The molecular formula is C19H15Br2N3O2. The van der Waals surface area contributed by atoms with Gasteiger partial charge in [0.05, 0.1) is 5.56 Å². The lowest BCUT2D eigenvalue weighted by molar-refractivity contribution is -0.116. The summed E-state index contributed by atoms with van der Waals surface area (Å²) in [6, 6.07) is 9.51. The fraction of sp³-hybridized carbons (Fsp3) is 0.158. The Morgan fingerprint density at radius 1 is 1.15 bits per heavy atom. The molecule has 1 aliphatic rings. The molecule has 1 aromatic heterocycles. The van der Waals surface area contributed by atoms with Crippen molar-refractivity contribution in [1.29, 1.82) is 0 Å². The average Bonchev–Trinajstić information content (AvgIpc) is 3.19. The first kappa shape index (κ1) is 17.3. The zero-order chi connectivity index (χ0) is 18.4. The maximum absolute atomic E-state index is 12.7. The van der Waals surface area contributed by atoms with Crippen molar-refractivity contribution in [2.45, 2.75) is 13.3 Å². The van der Waals surface area contributed by atoms with E-state index >= 15 is 0 Å². The third kappa shape index (κ3) is 2.95. The summed E-state index contributed by atoms with van der Waals surface area (Å²) in [5.74, 6) is -0.136. The topological polar surface area (TPSA) is 65.2 Å². The molecular weight excluding hydrogens is 462 g/mol. The van der Waals surface area contributed by atoms with E-state index in [1.54, 1.807) is 18.0 Å². The van der Waals surface area contributed by atoms with Crippen LogP contribution in [0.1, 0.15) is 22.8 Å². The van der Waals surface area contributed by atoms with Crippen molar-refractivity contribution in [3.8, 4) is 0 Å². The summed E-state index contributed by atoms with van der Waals surface area (Å²) in [4.78, 5) is 29.3. The summed E-state index contributed by atoms with van der Waals surface area (Å²) in [5.41, 5.74) is 4.19. The van der Waals surface area contributed by atoms with E-state index in [4.69, 9.17) is 0 Å². The van der Waals surface area contributed by atoms with Crippen LogP contribution in [0.15, 0.2) is 45.5 Å². The third-order valence-electron chi connectivity index (χ3n) is 4.58. The summed E-state index contributed by atoms with van der Waals surface area (Å²) in [6.07, 6.45) is 2.51. The molecule has 5 nitrogen and oxygen atoms in total. The molecule has 2 aromatic carbocycles. The predicted molar refractivity (Wildman–Crippen MR) is 110 cm³/mol. The van der Waals surface area contributed by atoms with Crippen LogP contribution >= 0.6 is 31.9 Å². The second kappa shape index (κ2) is 6.55. The number of fused-ring (bicyclic) bond motifs is 2. The Kier molecular flexibility index (Phi) is 4.36. The lowest BCUT2D eigenvalue weighted by atomic mass is 10.1. The molecule has 7 heteroatoms. The van der Waals surface area contributed by atoms with Crippen molar-refractivity contribution in [3.05, 3.63) is 56.6 Å². The van der Waals surface area contributed by atoms with Crippen LogP contribution in [0.5, 0.6) is 0 Å². The van der Waals surface area contributed by atoms with Crippen molar-refractivity contribution in [2.75, 3.05) is 16.8 Å². The molecule has 0 atom stereocenters. The highest BCUT2D eigenvalue weighted by molar-refractivity contribution is 9.13. The largest absolute Gasteiger partial charge is 0.360 e. The molecule has 0 fully saturated rings. The van der Waals surface area contributed by atoms with Crippen LogP contribution in [0.2, 0.25) is 0 Å². The van der Waals surface area contributed by atoms with Crippen LogP contribution in [-0.4, -0.2) is 23.3 Å². The summed E-state index contributed by atoms with van der Waals surface area (Å²) >= 11 is 6.94. The number of aromatic amines is 1. The lowest BCUT2D eigenvalue weighted by Gasteiger charge is -2.15. The van der Waals surface area contributed by atoms with Gasteiger partial charge in [-0.3, -0.25) is 9.59 Å². The van der Waals surface area contributed by atoms with Crippen molar-refractivity contribution in [3.63, 3.8) is 0 Å². The number of hydrogen-bond acceptors (Lipinski definition) is 2. The van der Waals surface area contributed by atoms with E-state index in [0.717, 1.165) is 43.2 Å². The Bertz CT molecular complexity index is 1060. The Morgan fingerprint density at radius 3 is 2.69 bits per heavy atom. The molecule has 0 saturated heterocycles. The summed E-state index contributed by atoms with van der Waals surface area (Å²) < 4.78 is 1.81. The molecule has 2 N–H and O–H groups in total. The van der Waals surface area contributed by atoms with Gasteiger partial charge in [-0.15, -0.1) is 0 Å². The Balaban J connectivity index is 1.62. The Morgan fingerprint density at radius 2 is 1.92 bits per heavy atom.